The molecule has 0 aliphatic heterocycles. The number of hydrogen-bond acceptors (Lipinski definition) is 3. The number of nitro groups is 1. The van der Waals surface area contributed by atoms with E-state index in [4.69, 9.17) is 0 Å². The summed E-state index contributed by atoms with van der Waals surface area (Å²) in [6.45, 7) is 4.88. The summed E-state index contributed by atoms with van der Waals surface area (Å²) in [5, 5.41) is 13.9. The molecule has 0 amide bonds. The molecule has 86 valence electrons. The average Bonchev–Trinajstić information content (AvgIpc) is 2.26. The second kappa shape index (κ2) is 6.40. The zero-order valence-corrected chi connectivity index (χ0v) is 10.4. The van der Waals surface area contributed by atoms with Crippen LogP contribution in [0.15, 0.2) is 35.3 Å². The maximum atomic E-state index is 10.8. The van der Waals surface area contributed by atoms with Crippen LogP contribution in [0.1, 0.15) is 12.0 Å². The van der Waals surface area contributed by atoms with E-state index >= 15 is 0 Å². The third-order valence-electron chi connectivity index (χ3n) is 2.08. The van der Waals surface area contributed by atoms with Crippen molar-refractivity contribution in [1.82, 2.24) is 5.32 Å². The molecule has 4 nitrogen and oxygen atoms in total. The Kier molecular flexibility index (Phi) is 5.14. The normalized spacial score (nSPS) is 10.1. The van der Waals surface area contributed by atoms with Crippen LogP contribution < -0.4 is 5.32 Å². The second-order valence-corrected chi connectivity index (χ2v) is 4.20. The molecule has 0 aromatic heterocycles. The van der Waals surface area contributed by atoms with Crippen LogP contribution in [0.5, 0.6) is 0 Å². The van der Waals surface area contributed by atoms with Gasteiger partial charge in [-0.25, -0.2) is 0 Å². The molecule has 0 saturated carbocycles. The van der Waals surface area contributed by atoms with Crippen molar-refractivity contribution in [2.24, 2.45) is 0 Å². The lowest BCUT2D eigenvalue weighted by molar-refractivity contribution is -0.385. The van der Waals surface area contributed by atoms with Gasteiger partial charge in [0, 0.05) is 22.6 Å². The highest BCUT2D eigenvalue weighted by atomic mass is 79.9. The van der Waals surface area contributed by atoms with Crippen molar-refractivity contribution in [2.75, 3.05) is 6.54 Å². The lowest BCUT2D eigenvalue weighted by Crippen LogP contribution is -2.15. The third-order valence-corrected chi connectivity index (χ3v) is 2.58. The van der Waals surface area contributed by atoms with Gasteiger partial charge in [-0.3, -0.25) is 10.1 Å². The number of halogens is 1. The van der Waals surface area contributed by atoms with Crippen molar-refractivity contribution in [3.05, 3.63) is 51.0 Å². The van der Waals surface area contributed by atoms with Gasteiger partial charge in [0.1, 0.15) is 0 Å². The van der Waals surface area contributed by atoms with Gasteiger partial charge in [0.25, 0.3) is 5.69 Å². The fourth-order valence-electron chi connectivity index (χ4n) is 1.28. The van der Waals surface area contributed by atoms with E-state index in [2.05, 4.69) is 27.8 Å². The van der Waals surface area contributed by atoms with Crippen LogP contribution in [0.2, 0.25) is 0 Å². The lowest BCUT2D eigenvalue weighted by atomic mass is 10.2. The first-order valence-corrected chi connectivity index (χ1v) is 5.69. The Bertz CT molecular complexity index is 394. The summed E-state index contributed by atoms with van der Waals surface area (Å²) in [4.78, 5) is 10.4. The number of nitro benzene ring substituents is 1. The van der Waals surface area contributed by atoms with Gasteiger partial charge in [0.15, 0.2) is 0 Å². The molecule has 0 radical (unpaired) electrons. The molecule has 0 fully saturated rings. The van der Waals surface area contributed by atoms with Gasteiger partial charge in [0.2, 0.25) is 0 Å². The molecular weight excluding hydrogens is 272 g/mol. The van der Waals surface area contributed by atoms with Crippen molar-refractivity contribution in [3.8, 4) is 0 Å². The quantitative estimate of drug-likeness (QED) is 0.378. The standard InChI is InChI=1S/C11H13BrN2O2/c1-2-3-6-13-8-9-4-5-10(12)7-11(9)14(15)16/h2,4-5,7,13H,1,3,6,8H2. The van der Waals surface area contributed by atoms with Crippen LogP contribution in [-0.2, 0) is 6.54 Å². The topological polar surface area (TPSA) is 55.2 Å². The summed E-state index contributed by atoms with van der Waals surface area (Å²) in [5.74, 6) is 0. The summed E-state index contributed by atoms with van der Waals surface area (Å²) in [6.07, 6.45) is 2.66. The van der Waals surface area contributed by atoms with Crippen molar-refractivity contribution in [1.29, 1.82) is 0 Å². The Balaban J connectivity index is 2.71. The van der Waals surface area contributed by atoms with Gasteiger partial charge < -0.3 is 5.32 Å². The second-order valence-electron chi connectivity index (χ2n) is 3.28. The van der Waals surface area contributed by atoms with E-state index in [1.165, 1.54) is 6.07 Å². The molecule has 0 heterocycles. The molecule has 0 unspecified atom stereocenters. The van der Waals surface area contributed by atoms with E-state index in [1.54, 1.807) is 12.1 Å². The molecule has 1 N–H and O–H groups in total. The summed E-state index contributed by atoms with van der Waals surface area (Å²) < 4.78 is 0.717. The zero-order chi connectivity index (χ0) is 12.0. The van der Waals surface area contributed by atoms with Crippen LogP contribution >= 0.6 is 15.9 Å². The number of rotatable bonds is 6. The fourth-order valence-corrected chi connectivity index (χ4v) is 1.63. The van der Waals surface area contributed by atoms with Crippen molar-refractivity contribution >= 4 is 21.6 Å². The molecule has 0 atom stereocenters. The first kappa shape index (κ1) is 12.9. The minimum atomic E-state index is -0.366. The van der Waals surface area contributed by atoms with Crippen LogP contribution in [0.3, 0.4) is 0 Å². The maximum absolute atomic E-state index is 10.8. The molecule has 1 rings (SSSR count). The molecule has 1 aromatic rings. The smallest absolute Gasteiger partial charge is 0.275 e. The first-order chi connectivity index (χ1) is 7.65. The minimum Gasteiger partial charge on any atom is -0.312 e. The van der Waals surface area contributed by atoms with Crippen LogP contribution in [0, 0.1) is 10.1 Å². The highest BCUT2D eigenvalue weighted by molar-refractivity contribution is 9.10. The van der Waals surface area contributed by atoms with Crippen molar-refractivity contribution in [2.45, 2.75) is 13.0 Å². The zero-order valence-electron chi connectivity index (χ0n) is 8.78. The molecule has 0 aliphatic rings. The fraction of sp³-hybridized carbons (Fsp3) is 0.273. The summed E-state index contributed by atoms with van der Waals surface area (Å²) in [6, 6.07) is 5.07. The Labute approximate surface area is 103 Å². The highest BCUT2D eigenvalue weighted by Gasteiger charge is 2.13. The molecule has 1 aromatic carbocycles. The summed E-state index contributed by atoms with van der Waals surface area (Å²) >= 11 is 3.22. The van der Waals surface area contributed by atoms with E-state index in [9.17, 15) is 10.1 Å². The average molecular weight is 285 g/mol. The molecule has 0 bridgehead atoms. The van der Waals surface area contributed by atoms with Gasteiger partial charge in [-0.05, 0) is 25.1 Å². The van der Waals surface area contributed by atoms with E-state index in [0.717, 1.165) is 13.0 Å². The van der Waals surface area contributed by atoms with Crippen LogP contribution in [0.25, 0.3) is 0 Å². The van der Waals surface area contributed by atoms with Gasteiger partial charge in [-0.1, -0.05) is 22.0 Å². The Morgan fingerprint density at radius 1 is 1.56 bits per heavy atom. The monoisotopic (exact) mass is 284 g/mol. The predicted octanol–water partition coefficient (Wildman–Crippen LogP) is 3.02. The molecule has 0 saturated heterocycles. The number of nitrogens with zero attached hydrogens (tertiary/aromatic N) is 1. The van der Waals surface area contributed by atoms with Gasteiger partial charge >= 0.3 is 0 Å². The van der Waals surface area contributed by atoms with E-state index in [-0.39, 0.29) is 10.6 Å². The Morgan fingerprint density at radius 2 is 2.31 bits per heavy atom. The predicted molar refractivity (Wildman–Crippen MR) is 67.3 cm³/mol. The van der Waals surface area contributed by atoms with E-state index in [1.807, 2.05) is 6.08 Å². The number of nitrogens with one attached hydrogen (secondary N) is 1. The van der Waals surface area contributed by atoms with Gasteiger partial charge in [-0.15, -0.1) is 6.58 Å². The number of hydrogen-bond donors (Lipinski definition) is 1. The maximum Gasteiger partial charge on any atom is 0.275 e. The Hall–Kier alpha value is -1.20. The van der Waals surface area contributed by atoms with Gasteiger partial charge in [-0.2, -0.15) is 0 Å². The largest absolute Gasteiger partial charge is 0.312 e. The third kappa shape index (κ3) is 3.75. The SMILES string of the molecule is C=CCCNCc1ccc(Br)cc1[N+](=O)[O-]. The molecule has 0 aliphatic carbocycles. The molecular formula is C11H13BrN2O2. The summed E-state index contributed by atoms with van der Waals surface area (Å²) in [7, 11) is 0. The van der Waals surface area contributed by atoms with Crippen molar-refractivity contribution in [3.63, 3.8) is 0 Å². The minimum absolute atomic E-state index is 0.139. The Morgan fingerprint density at radius 3 is 2.94 bits per heavy atom. The van der Waals surface area contributed by atoms with E-state index in [0.29, 0.717) is 16.6 Å². The highest BCUT2D eigenvalue weighted by Crippen LogP contribution is 2.23. The van der Waals surface area contributed by atoms with Gasteiger partial charge in [0.05, 0.1) is 4.92 Å². The lowest BCUT2D eigenvalue weighted by Gasteiger charge is -2.04. The molecule has 5 heteroatoms. The van der Waals surface area contributed by atoms with Crippen LogP contribution in [0.4, 0.5) is 5.69 Å². The van der Waals surface area contributed by atoms with E-state index < -0.39 is 0 Å². The van der Waals surface area contributed by atoms with Crippen LogP contribution in [-0.4, -0.2) is 11.5 Å². The summed E-state index contributed by atoms with van der Waals surface area (Å²) in [5.41, 5.74) is 0.831. The van der Waals surface area contributed by atoms with Crippen molar-refractivity contribution < 1.29 is 4.92 Å². The molecule has 0 spiro atoms. The number of benzene rings is 1. The molecule has 16 heavy (non-hydrogen) atoms. The first-order valence-electron chi connectivity index (χ1n) is 4.89.